The molecule has 0 bridgehead atoms. The van der Waals surface area contributed by atoms with Crippen LogP contribution in [0.15, 0.2) is 52.9 Å². The maximum absolute atomic E-state index is 12.1. The summed E-state index contributed by atoms with van der Waals surface area (Å²) in [7, 11) is 0. The number of carbonyl (C=O) groups is 2. The highest BCUT2D eigenvalue weighted by Gasteiger charge is 2.19. The molecule has 0 aliphatic carbocycles. The smallest absolute Gasteiger partial charge is 0.326 e. The summed E-state index contributed by atoms with van der Waals surface area (Å²) in [5.41, 5.74) is 3.36. The van der Waals surface area contributed by atoms with Gasteiger partial charge in [-0.1, -0.05) is 35.4 Å². The van der Waals surface area contributed by atoms with Crippen molar-refractivity contribution in [2.75, 3.05) is 6.54 Å². The molecule has 0 unspecified atom stereocenters. The van der Waals surface area contributed by atoms with Crippen molar-refractivity contribution in [1.29, 1.82) is 0 Å². The molecule has 3 aromatic rings. The highest BCUT2D eigenvalue weighted by molar-refractivity contribution is 5.96. The minimum absolute atomic E-state index is 0.189. The van der Waals surface area contributed by atoms with Crippen molar-refractivity contribution in [2.24, 2.45) is 0 Å². The van der Waals surface area contributed by atoms with Crippen molar-refractivity contribution in [3.8, 4) is 11.5 Å². The van der Waals surface area contributed by atoms with Gasteiger partial charge in [0.15, 0.2) is 6.10 Å². The van der Waals surface area contributed by atoms with Crippen LogP contribution in [0.1, 0.15) is 40.4 Å². The number of amides is 1. The van der Waals surface area contributed by atoms with Gasteiger partial charge in [0.2, 0.25) is 5.89 Å². The Kier molecular flexibility index (Phi) is 5.84. The Bertz CT molecular complexity index is 979. The Labute approximate surface area is 162 Å². The van der Waals surface area contributed by atoms with E-state index in [4.69, 9.17) is 9.15 Å². The second kappa shape index (κ2) is 8.47. The number of hydrogen-bond donors (Lipinski definition) is 1. The molecule has 28 heavy (non-hydrogen) atoms. The average Bonchev–Trinajstić information content (AvgIpc) is 3.17. The SMILES string of the molecule is Cc1ccc(-c2nnc([C@H](C)OC(=O)CNC(=O)c3cccc(C)c3)o2)cc1. The number of carbonyl (C=O) groups excluding carboxylic acids is 2. The molecule has 7 heteroatoms. The first-order valence-electron chi connectivity index (χ1n) is 8.87. The van der Waals surface area contributed by atoms with Gasteiger partial charge in [-0.25, -0.2) is 0 Å². The molecule has 1 N–H and O–H groups in total. The number of nitrogens with zero attached hydrogens (tertiary/aromatic N) is 2. The third-order valence-corrected chi connectivity index (χ3v) is 4.07. The lowest BCUT2D eigenvalue weighted by Crippen LogP contribution is -2.31. The largest absolute Gasteiger partial charge is 0.451 e. The molecule has 144 valence electrons. The molecule has 0 radical (unpaired) electrons. The second-order valence-electron chi connectivity index (χ2n) is 6.50. The van der Waals surface area contributed by atoms with E-state index in [1.807, 2.05) is 44.2 Å². The average molecular weight is 379 g/mol. The molecule has 0 fully saturated rings. The van der Waals surface area contributed by atoms with Crippen LogP contribution in [0.25, 0.3) is 11.5 Å². The number of benzene rings is 2. The van der Waals surface area contributed by atoms with Gasteiger partial charge in [-0.15, -0.1) is 10.2 Å². The molecular weight excluding hydrogens is 358 g/mol. The van der Waals surface area contributed by atoms with Gasteiger partial charge < -0.3 is 14.5 Å². The fourth-order valence-corrected chi connectivity index (χ4v) is 2.54. The molecule has 0 saturated carbocycles. The van der Waals surface area contributed by atoms with E-state index in [0.29, 0.717) is 11.5 Å². The predicted molar refractivity (Wildman–Crippen MR) is 102 cm³/mol. The summed E-state index contributed by atoms with van der Waals surface area (Å²) in [6.45, 7) is 5.26. The molecule has 1 aromatic heterocycles. The fourth-order valence-electron chi connectivity index (χ4n) is 2.54. The summed E-state index contributed by atoms with van der Waals surface area (Å²) >= 11 is 0. The number of aromatic nitrogens is 2. The maximum atomic E-state index is 12.1. The van der Waals surface area contributed by atoms with Gasteiger partial charge in [-0.3, -0.25) is 9.59 Å². The molecule has 0 spiro atoms. The molecule has 1 atom stereocenters. The van der Waals surface area contributed by atoms with Crippen LogP contribution in [-0.4, -0.2) is 28.6 Å². The summed E-state index contributed by atoms with van der Waals surface area (Å²) in [6.07, 6.45) is -0.727. The monoisotopic (exact) mass is 379 g/mol. The third-order valence-electron chi connectivity index (χ3n) is 4.07. The lowest BCUT2D eigenvalue weighted by Gasteiger charge is -2.10. The summed E-state index contributed by atoms with van der Waals surface area (Å²) < 4.78 is 10.9. The number of rotatable bonds is 6. The van der Waals surface area contributed by atoms with Crippen LogP contribution < -0.4 is 5.32 Å². The van der Waals surface area contributed by atoms with Crippen molar-refractivity contribution in [3.05, 3.63) is 71.1 Å². The first-order chi connectivity index (χ1) is 13.4. The lowest BCUT2D eigenvalue weighted by atomic mass is 10.1. The summed E-state index contributed by atoms with van der Waals surface area (Å²) in [5.74, 6) is -0.393. The highest BCUT2D eigenvalue weighted by Crippen LogP contribution is 2.22. The predicted octanol–water partition coefficient (Wildman–Crippen LogP) is 3.39. The van der Waals surface area contributed by atoms with Gasteiger partial charge in [0.05, 0.1) is 0 Å². The van der Waals surface area contributed by atoms with Crippen LogP contribution >= 0.6 is 0 Å². The molecular formula is C21H21N3O4. The van der Waals surface area contributed by atoms with E-state index < -0.39 is 12.1 Å². The molecule has 3 rings (SSSR count). The van der Waals surface area contributed by atoms with Crippen molar-refractivity contribution in [1.82, 2.24) is 15.5 Å². The topological polar surface area (TPSA) is 94.3 Å². The Morgan fingerprint density at radius 3 is 2.54 bits per heavy atom. The molecule has 1 amide bonds. The summed E-state index contributed by atoms with van der Waals surface area (Å²) in [4.78, 5) is 24.1. The van der Waals surface area contributed by atoms with Crippen LogP contribution in [0.3, 0.4) is 0 Å². The van der Waals surface area contributed by atoms with Crippen LogP contribution in [0.4, 0.5) is 0 Å². The zero-order chi connectivity index (χ0) is 20.1. The van der Waals surface area contributed by atoms with E-state index in [1.165, 1.54) is 0 Å². The number of aryl methyl sites for hydroxylation is 2. The van der Waals surface area contributed by atoms with Gasteiger partial charge >= 0.3 is 5.97 Å². The van der Waals surface area contributed by atoms with Crippen LogP contribution in [0.5, 0.6) is 0 Å². The Morgan fingerprint density at radius 1 is 1.07 bits per heavy atom. The van der Waals surface area contributed by atoms with Crippen molar-refractivity contribution in [2.45, 2.75) is 26.9 Å². The minimum atomic E-state index is -0.727. The maximum Gasteiger partial charge on any atom is 0.326 e. The van der Waals surface area contributed by atoms with Crippen molar-refractivity contribution < 1.29 is 18.7 Å². The molecule has 2 aromatic carbocycles. The molecule has 7 nitrogen and oxygen atoms in total. The third kappa shape index (κ3) is 4.82. The Morgan fingerprint density at radius 2 is 1.82 bits per heavy atom. The van der Waals surface area contributed by atoms with Gasteiger partial charge in [0.25, 0.3) is 11.8 Å². The molecule has 1 heterocycles. The van der Waals surface area contributed by atoms with Crippen LogP contribution in [-0.2, 0) is 9.53 Å². The van der Waals surface area contributed by atoms with Gasteiger partial charge in [-0.05, 0) is 45.0 Å². The van der Waals surface area contributed by atoms with Crippen LogP contribution in [0.2, 0.25) is 0 Å². The Hall–Kier alpha value is -3.48. The van der Waals surface area contributed by atoms with Crippen molar-refractivity contribution >= 4 is 11.9 Å². The first-order valence-corrected chi connectivity index (χ1v) is 8.87. The number of esters is 1. The minimum Gasteiger partial charge on any atom is -0.451 e. The van der Waals surface area contributed by atoms with E-state index in [1.54, 1.807) is 25.1 Å². The van der Waals surface area contributed by atoms with E-state index in [0.717, 1.165) is 16.7 Å². The van der Waals surface area contributed by atoms with E-state index in [2.05, 4.69) is 15.5 Å². The van der Waals surface area contributed by atoms with E-state index >= 15 is 0 Å². The molecule has 0 aliphatic rings. The molecule has 0 aliphatic heterocycles. The second-order valence-corrected chi connectivity index (χ2v) is 6.50. The zero-order valence-electron chi connectivity index (χ0n) is 15.9. The standard InChI is InChI=1S/C21H21N3O4/c1-13-7-9-16(10-8-13)21-24-23-20(28-21)15(3)27-18(25)12-22-19(26)17-6-4-5-14(2)11-17/h4-11,15H,12H2,1-3H3,(H,22,26)/t15-/m0/s1. The number of ether oxygens (including phenoxy) is 1. The van der Waals surface area contributed by atoms with Gasteiger partial charge in [0, 0.05) is 11.1 Å². The van der Waals surface area contributed by atoms with Crippen LogP contribution in [0, 0.1) is 13.8 Å². The lowest BCUT2D eigenvalue weighted by molar-refractivity contribution is -0.148. The van der Waals surface area contributed by atoms with Gasteiger partial charge in [0.1, 0.15) is 6.54 Å². The fraction of sp³-hybridized carbons (Fsp3) is 0.238. The zero-order valence-corrected chi connectivity index (χ0v) is 15.9. The van der Waals surface area contributed by atoms with Gasteiger partial charge in [-0.2, -0.15) is 0 Å². The quantitative estimate of drug-likeness (QED) is 0.660. The van der Waals surface area contributed by atoms with Crippen molar-refractivity contribution in [3.63, 3.8) is 0 Å². The summed E-state index contributed by atoms with van der Waals surface area (Å²) in [5, 5.41) is 10.5. The summed E-state index contributed by atoms with van der Waals surface area (Å²) in [6, 6.07) is 14.7. The highest BCUT2D eigenvalue weighted by atomic mass is 16.6. The first kappa shape index (κ1) is 19.3. The van der Waals surface area contributed by atoms with E-state index in [9.17, 15) is 9.59 Å². The Balaban J connectivity index is 1.54. The number of nitrogens with one attached hydrogen (secondary N) is 1. The normalized spacial score (nSPS) is 11.7. The molecule has 0 saturated heterocycles. The van der Waals surface area contributed by atoms with E-state index in [-0.39, 0.29) is 18.3 Å². The number of hydrogen-bond acceptors (Lipinski definition) is 6.